The number of carbonyl (C=O) groups excluding carboxylic acids is 1. The van der Waals surface area contributed by atoms with Crippen molar-refractivity contribution in [3.05, 3.63) is 42.1 Å². The lowest BCUT2D eigenvalue weighted by Gasteiger charge is -2.12. The normalized spacial score (nSPS) is 12.1. The number of aromatic amines is 1. The number of H-pyrrole nitrogens is 1. The minimum atomic E-state index is -0.135. The molecule has 0 spiro atoms. The van der Waals surface area contributed by atoms with E-state index in [4.69, 9.17) is 0 Å². The van der Waals surface area contributed by atoms with Gasteiger partial charge in [0.25, 0.3) is 5.91 Å². The molecule has 20 heavy (non-hydrogen) atoms. The van der Waals surface area contributed by atoms with Gasteiger partial charge in [0.15, 0.2) is 0 Å². The zero-order valence-electron chi connectivity index (χ0n) is 11.8. The Morgan fingerprint density at radius 3 is 2.80 bits per heavy atom. The first-order chi connectivity index (χ1) is 9.70. The second-order valence-electron chi connectivity index (χ2n) is 4.70. The summed E-state index contributed by atoms with van der Waals surface area (Å²) in [5.74, 6) is -0.135. The summed E-state index contributed by atoms with van der Waals surface area (Å²) in [5.41, 5.74) is 2.24. The van der Waals surface area contributed by atoms with Crippen LogP contribution in [-0.2, 0) is 0 Å². The predicted octanol–water partition coefficient (Wildman–Crippen LogP) is 1.80. The molecule has 1 aromatic heterocycles. The molecule has 106 valence electrons. The molecule has 1 atom stereocenters. The molecule has 5 heteroatoms. The van der Waals surface area contributed by atoms with Crippen LogP contribution in [0.15, 0.2) is 36.4 Å². The average molecular weight is 272 g/mol. The van der Waals surface area contributed by atoms with Crippen molar-refractivity contribution in [3.63, 3.8) is 0 Å². The van der Waals surface area contributed by atoms with E-state index < -0.39 is 0 Å². The fourth-order valence-corrected chi connectivity index (χ4v) is 1.96. The molecule has 0 aliphatic carbocycles. The van der Waals surface area contributed by atoms with Crippen LogP contribution >= 0.6 is 0 Å². The van der Waals surface area contributed by atoms with Gasteiger partial charge in [0.2, 0.25) is 0 Å². The van der Waals surface area contributed by atoms with Gasteiger partial charge in [-0.2, -0.15) is 5.10 Å². The number of likely N-dealkylation sites (N-methyl/N-ethyl adjacent to an activating group) is 1. The zero-order valence-corrected chi connectivity index (χ0v) is 11.8. The van der Waals surface area contributed by atoms with E-state index in [1.54, 1.807) is 6.07 Å². The minimum absolute atomic E-state index is 0.135. The molecule has 0 radical (unpaired) electrons. The smallest absolute Gasteiger partial charge is 0.269 e. The molecule has 0 saturated carbocycles. The van der Waals surface area contributed by atoms with Crippen molar-refractivity contribution in [1.82, 2.24) is 20.8 Å². The Balaban J connectivity index is 1.97. The van der Waals surface area contributed by atoms with Crippen molar-refractivity contribution in [2.75, 3.05) is 13.1 Å². The van der Waals surface area contributed by atoms with Crippen LogP contribution in [0, 0.1) is 0 Å². The number of nitrogens with one attached hydrogen (secondary N) is 3. The second kappa shape index (κ2) is 6.86. The number of nitrogens with zero attached hydrogens (tertiary/aromatic N) is 1. The number of carbonyl (C=O) groups is 1. The number of rotatable bonds is 6. The van der Waals surface area contributed by atoms with Crippen molar-refractivity contribution in [3.8, 4) is 11.3 Å². The van der Waals surface area contributed by atoms with Gasteiger partial charge in [-0.25, -0.2) is 0 Å². The molecule has 5 nitrogen and oxygen atoms in total. The summed E-state index contributed by atoms with van der Waals surface area (Å²) in [5, 5.41) is 13.1. The highest BCUT2D eigenvalue weighted by Gasteiger charge is 2.11. The maximum Gasteiger partial charge on any atom is 0.269 e. The first-order valence-corrected chi connectivity index (χ1v) is 6.83. The van der Waals surface area contributed by atoms with Gasteiger partial charge in [-0.1, -0.05) is 37.3 Å². The highest BCUT2D eigenvalue weighted by atomic mass is 16.1. The largest absolute Gasteiger partial charge is 0.349 e. The third-order valence-electron chi connectivity index (χ3n) is 3.01. The van der Waals surface area contributed by atoms with Crippen LogP contribution in [0.25, 0.3) is 11.3 Å². The van der Waals surface area contributed by atoms with E-state index in [1.165, 1.54) is 0 Å². The van der Waals surface area contributed by atoms with Crippen LogP contribution < -0.4 is 10.6 Å². The second-order valence-corrected chi connectivity index (χ2v) is 4.70. The number of hydrogen-bond donors (Lipinski definition) is 3. The molecule has 0 aliphatic rings. The molecule has 2 aromatic rings. The topological polar surface area (TPSA) is 69.8 Å². The van der Waals surface area contributed by atoms with Crippen LogP contribution in [0.5, 0.6) is 0 Å². The molecule has 0 bridgehead atoms. The Morgan fingerprint density at radius 1 is 1.35 bits per heavy atom. The van der Waals surface area contributed by atoms with Crippen molar-refractivity contribution in [1.29, 1.82) is 0 Å². The summed E-state index contributed by atoms with van der Waals surface area (Å²) in [6.45, 7) is 5.55. The lowest BCUT2D eigenvalue weighted by atomic mass is 10.1. The van der Waals surface area contributed by atoms with Gasteiger partial charge in [0.1, 0.15) is 5.69 Å². The third kappa shape index (κ3) is 3.68. The lowest BCUT2D eigenvalue weighted by Crippen LogP contribution is -2.38. The quantitative estimate of drug-likeness (QED) is 0.751. The average Bonchev–Trinajstić information content (AvgIpc) is 2.96. The van der Waals surface area contributed by atoms with E-state index in [1.807, 2.05) is 44.2 Å². The fourth-order valence-electron chi connectivity index (χ4n) is 1.96. The van der Waals surface area contributed by atoms with Gasteiger partial charge >= 0.3 is 0 Å². The molecule has 0 fully saturated rings. The van der Waals surface area contributed by atoms with Gasteiger partial charge in [0, 0.05) is 18.2 Å². The molecule has 0 unspecified atom stereocenters. The van der Waals surface area contributed by atoms with Crippen molar-refractivity contribution in [2.24, 2.45) is 0 Å². The van der Waals surface area contributed by atoms with Gasteiger partial charge in [0.05, 0.1) is 5.69 Å². The minimum Gasteiger partial charge on any atom is -0.349 e. The first kappa shape index (κ1) is 14.3. The Hall–Kier alpha value is -2.14. The van der Waals surface area contributed by atoms with E-state index in [9.17, 15) is 4.79 Å². The summed E-state index contributed by atoms with van der Waals surface area (Å²) >= 11 is 0. The number of hydrogen-bond acceptors (Lipinski definition) is 3. The number of aromatic nitrogens is 2. The van der Waals surface area contributed by atoms with E-state index >= 15 is 0 Å². The molecule has 1 aromatic carbocycles. The van der Waals surface area contributed by atoms with E-state index in [-0.39, 0.29) is 11.9 Å². The van der Waals surface area contributed by atoms with Crippen molar-refractivity contribution >= 4 is 5.91 Å². The summed E-state index contributed by atoms with van der Waals surface area (Å²) < 4.78 is 0. The number of amides is 1. The third-order valence-corrected chi connectivity index (χ3v) is 3.01. The van der Waals surface area contributed by atoms with Gasteiger partial charge < -0.3 is 10.6 Å². The molecule has 2 rings (SSSR count). The van der Waals surface area contributed by atoms with Crippen LogP contribution in [0.3, 0.4) is 0 Å². The maximum absolute atomic E-state index is 12.0. The monoisotopic (exact) mass is 272 g/mol. The molecule has 1 heterocycles. The van der Waals surface area contributed by atoms with Gasteiger partial charge in [-0.05, 0) is 19.5 Å². The predicted molar refractivity (Wildman–Crippen MR) is 79.5 cm³/mol. The molecular formula is C15H20N4O. The van der Waals surface area contributed by atoms with Crippen LogP contribution in [0.1, 0.15) is 24.3 Å². The molecular weight excluding hydrogens is 252 g/mol. The summed E-state index contributed by atoms with van der Waals surface area (Å²) in [6, 6.07) is 11.8. The molecule has 1 amide bonds. The first-order valence-electron chi connectivity index (χ1n) is 6.83. The van der Waals surface area contributed by atoms with Crippen LogP contribution in [-0.4, -0.2) is 35.2 Å². The standard InChI is InChI=1S/C15H20N4O/c1-3-16-11(2)10-17-15(20)14-9-13(18-19-14)12-7-5-4-6-8-12/h4-9,11,16H,3,10H2,1-2H3,(H,17,20)(H,18,19)/t11-/m1/s1. The molecule has 0 saturated heterocycles. The van der Waals surface area contributed by atoms with E-state index in [0.717, 1.165) is 17.8 Å². The Bertz CT molecular complexity index is 550. The summed E-state index contributed by atoms with van der Waals surface area (Å²) in [4.78, 5) is 12.0. The maximum atomic E-state index is 12.0. The number of benzene rings is 1. The highest BCUT2D eigenvalue weighted by Crippen LogP contribution is 2.16. The van der Waals surface area contributed by atoms with Crippen LogP contribution in [0.2, 0.25) is 0 Å². The molecule has 0 aliphatic heterocycles. The fraction of sp³-hybridized carbons (Fsp3) is 0.333. The summed E-state index contributed by atoms with van der Waals surface area (Å²) in [7, 11) is 0. The molecule has 3 N–H and O–H groups in total. The Labute approximate surface area is 118 Å². The Morgan fingerprint density at radius 2 is 2.10 bits per heavy atom. The highest BCUT2D eigenvalue weighted by molar-refractivity contribution is 5.93. The Kier molecular flexibility index (Phi) is 4.90. The lowest BCUT2D eigenvalue weighted by molar-refractivity contribution is 0.0945. The SMILES string of the molecule is CCN[C@H](C)CNC(=O)c1cc(-c2ccccc2)n[nH]1. The zero-order chi connectivity index (χ0) is 14.4. The van der Waals surface area contributed by atoms with E-state index in [0.29, 0.717) is 12.2 Å². The van der Waals surface area contributed by atoms with E-state index in [2.05, 4.69) is 20.8 Å². The summed E-state index contributed by atoms with van der Waals surface area (Å²) in [6.07, 6.45) is 0. The van der Waals surface area contributed by atoms with Gasteiger partial charge in [-0.3, -0.25) is 9.89 Å². The van der Waals surface area contributed by atoms with Crippen molar-refractivity contribution in [2.45, 2.75) is 19.9 Å². The van der Waals surface area contributed by atoms with Crippen LogP contribution in [0.4, 0.5) is 0 Å². The van der Waals surface area contributed by atoms with Crippen molar-refractivity contribution < 1.29 is 4.79 Å². The van der Waals surface area contributed by atoms with Gasteiger partial charge in [-0.15, -0.1) is 0 Å².